The van der Waals surface area contributed by atoms with Crippen LogP contribution >= 0.6 is 15.9 Å². The van der Waals surface area contributed by atoms with E-state index in [1.165, 1.54) is 11.0 Å². The van der Waals surface area contributed by atoms with Gasteiger partial charge in [0.25, 0.3) is 5.95 Å². The van der Waals surface area contributed by atoms with Gasteiger partial charge in [-0.2, -0.15) is 4.68 Å². The molecule has 14 heavy (non-hydrogen) atoms. The quantitative estimate of drug-likeness (QED) is 0.833. The largest absolute Gasteiger partial charge is 0.324 e. The van der Waals surface area contributed by atoms with Crippen LogP contribution in [0.15, 0.2) is 23.2 Å². The molecule has 2 N–H and O–H groups in total. The molecule has 0 saturated carbocycles. The summed E-state index contributed by atoms with van der Waals surface area (Å²) >= 11 is 3.25. The first-order chi connectivity index (χ1) is 6.79. The van der Waals surface area contributed by atoms with Crippen LogP contribution in [0.4, 0.5) is 0 Å². The van der Waals surface area contributed by atoms with Crippen molar-refractivity contribution in [2.45, 2.75) is 6.54 Å². The van der Waals surface area contributed by atoms with E-state index in [0.29, 0.717) is 18.3 Å². The summed E-state index contributed by atoms with van der Waals surface area (Å²) in [7, 11) is 0. The Morgan fingerprint density at radius 2 is 2.00 bits per heavy atom. The summed E-state index contributed by atoms with van der Waals surface area (Å²) in [6.45, 7) is 0.309. The second kappa shape index (κ2) is 3.81. The molecule has 0 aliphatic rings. The molecule has 7 heteroatoms. The Balaban J connectivity index is 2.34. The highest BCUT2D eigenvalue weighted by atomic mass is 79.9. The fraction of sp³-hybridized carbons (Fsp3) is 0.143. The van der Waals surface area contributed by atoms with E-state index in [1.807, 2.05) is 0 Å². The molecule has 0 spiro atoms. The maximum Gasteiger partial charge on any atom is 0.252 e. The van der Waals surface area contributed by atoms with E-state index in [-0.39, 0.29) is 0 Å². The molecule has 6 nitrogen and oxygen atoms in total. The third-order valence-corrected chi connectivity index (χ3v) is 1.94. The molecule has 2 aromatic heterocycles. The van der Waals surface area contributed by atoms with Gasteiger partial charge in [0.15, 0.2) is 5.82 Å². The number of hydrogen-bond acceptors (Lipinski definition) is 5. The molecule has 0 aliphatic heterocycles. The highest BCUT2D eigenvalue weighted by molar-refractivity contribution is 9.10. The predicted molar refractivity (Wildman–Crippen MR) is 52.5 cm³/mol. The summed E-state index contributed by atoms with van der Waals surface area (Å²) in [4.78, 5) is 12.1. The molecule has 0 fully saturated rings. The lowest BCUT2D eigenvalue weighted by atomic mass is 10.6. The summed E-state index contributed by atoms with van der Waals surface area (Å²) in [6.07, 6.45) is 4.82. The van der Waals surface area contributed by atoms with E-state index in [0.717, 1.165) is 4.47 Å². The highest BCUT2D eigenvalue weighted by Crippen LogP contribution is 2.06. The molecular formula is C7H7BrN6. The van der Waals surface area contributed by atoms with Gasteiger partial charge in [-0.1, -0.05) is 0 Å². The maximum absolute atomic E-state index is 5.38. The zero-order chi connectivity index (χ0) is 9.97. The van der Waals surface area contributed by atoms with Gasteiger partial charge in [0.2, 0.25) is 0 Å². The van der Waals surface area contributed by atoms with Gasteiger partial charge in [0.05, 0.1) is 11.0 Å². The minimum Gasteiger partial charge on any atom is -0.324 e. The molecular weight excluding hydrogens is 248 g/mol. The van der Waals surface area contributed by atoms with Crippen molar-refractivity contribution in [3.05, 3.63) is 29.0 Å². The minimum absolute atomic E-state index is 0.309. The Hall–Kier alpha value is -1.34. The fourth-order valence-electron chi connectivity index (χ4n) is 0.911. The van der Waals surface area contributed by atoms with Crippen molar-refractivity contribution in [2.75, 3.05) is 0 Å². The van der Waals surface area contributed by atoms with E-state index in [2.05, 4.69) is 36.0 Å². The number of rotatable bonds is 2. The van der Waals surface area contributed by atoms with Crippen LogP contribution < -0.4 is 5.73 Å². The lowest BCUT2D eigenvalue weighted by Gasteiger charge is -1.96. The zero-order valence-corrected chi connectivity index (χ0v) is 8.72. The summed E-state index contributed by atoms with van der Waals surface area (Å²) in [6, 6.07) is 0. The average molecular weight is 255 g/mol. The van der Waals surface area contributed by atoms with Crippen molar-refractivity contribution < 1.29 is 0 Å². The minimum atomic E-state index is 0.309. The van der Waals surface area contributed by atoms with Gasteiger partial charge in [-0.05, 0) is 15.9 Å². The van der Waals surface area contributed by atoms with E-state index < -0.39 is 0 Å². The Bertz CT molecular complexity index is 422. The van der Waals surface area contributed by atoms with Crippen LogP contribution in [-0.4, -0.2) is 24.7 Å². The van der Waals surface area contributed by atoms with E-state index >= 15 is 0 Å². The van der Waals surface area contributed by atoms with Crippen molar-refractivity contribution >= 4 is 15.9 Å². The molecule has 2 heterocycles. The second-order valence-electron chi connectivity index (χ2n) is 2.51. The summed E-state index contributed by atoms with van der Waals surface area (Å²) in [5, 5.41) is 4.07. The number of aromatic nitrogens is 5. The molecule has 0 atom stereocenters. The Morgan fingerprint density at radius 3 is 2.57 bits per heavy atom. The predicted octanol–water partition coefficient (Wildman–Crippen LogP) is 0.278. The molecule has 0 aromatic carbocycles. The van der Waals surface area contributed by atoms with Crippen LogP contribution in [0, 0.1) is 0 Å². The molecule has 2 aromatic rings. The third kappa shape index (κ3) is 1.78. The van der Waals surface area contributed by atoms with E-state index in [4.69, 9.17) is 5.73 Å². The SMILES string of the molecule is NCc1ncn(-c2ncc(Br)cn2)n1. The van der Waals surface area contributed by atoms with Crippen LogP contribution in [0.2, 0.25) is 0 Å². The van der Waals surface area contributed by atoms with Gasteiger partial charge < -0.3 is 5.73 Å². The number of nitrogens with two attached hydrogens (primary N) is 1. The molecule has 0 bridgehead atoms. The summed E-state index contributed by atoms with van der Waals surface area (Å²) < 4.78 is 2.30. The standard InChI is InChI=1S/C7H7BrN6/c8-5-2-10-7(11-3-5)14-4-12-6(1-9)13-14/h2-4H,1,9H2. The van der Waals surface area contributed by atoms with Gasteiger partial charge >= 0.3 is 0 Å². The highest BCUT2D eigenvalue weighted by Gasteiger charge is 2.02. The lowest BCUT2D eigenvalue weighted by molar-refractivity contribution is 0.779. The summed E-state index contributed by atoms with van der Waals surface area (Å²) in [5.74, 6) is 1.04. The first-order valence-corrected chi connectivity index (χ1v) is 4.67. The maximum atomic E-state index is 5.38. The average Bonchev–Trinajstić information content (AvgIpc) is 2.67. The normalized spacial score (nSPS) is 10.4. The van der Waals surface area contributed by atoms with Gasteiger partial charge in [-0.15, -0.1) is 5.10 Å². The second-order valence-corrected chi connectivity index (χ2v) is 3.43. The summed E-state index contributed by atoms with van der Waals surface area (Å²) in [5.41, 5.74) is 5.38. The molecule has 72 valence electrons. The zero-order valence-electron chi connectivity index (χ0n) is 7.13. The van der Waals surface area contributed by atoms with Crippen molar-refractivity contribution in [2.24, 2.45) is 5.73 Å². The van der Waals surface area contributed by atoms with Crippen LogP contribution in [0.5, 0.6) is 0 Å². The van der Waals surface area contributed by atoms with Crippen LogP contribution in [0.1, 0.15) is 5.82 Å². The van der Waals surface area contributed by atoms with Crippen LogP contribution in [0.3, 0.4) is 0 Å². The molecule has 0 amide bonds. The molecule has 0 saturated heterocycles. The smallest absolute Gasteiger partial charge is 0.252 e. The van der Waals surface area contributed by atoms with Gasteiger partial charge in [-0.25, -0.2) is 15.0 Å². The van der Waals surface area contributed by atoms with Gasteiger partial charge in [-0.3, -0.25) is 0 Å². The lowest BCUT2D eigenvalue weighted by Crippen LogP contribution is -2.03. The van der Waals surface area contributed by atoms with E-state index in [9.17, 15) is 0 Å². The third-order valence-electron chi connectivity index (χ3n) is 1.53. The Kier molecular flexibility index (Phi) is 2.51. The number of nitrogens with zero attached hydrogens (tertiary/aromatic N) is 5. The van der Waals surface area contributed by atoms with Crippen molar-refractivity contribution in [1.29, 1.82) is 0 Å². The first-order valence-electron chi connectivity index (χ1n) is 3.88. The molecule has 0 radical (unpaired) electrons. The molecule has 0 unspecified atom stereocenters. The van der Waals surface area contributed by atoms with Crippen molar-refractivity contribution in [3.8, 4) is 5.95 Å². The van der Waals surface area contributed by atoms with Gasteiger partial charge in [0.1, 0.15) is 6.33 Å². The number of halogens is 1. The molecule has 2 rings (SSSR count). The Labute approximate surface area is 88.3 Å². The van der Waals surface area contributed by atoms with Gasteiger partial charge in [0, 0.05) is 12.4 Å². The first kappa shape index (κ1) is 9.22. The topological polar surface area (TPSA) is 82.5 Å². The number of hydrogen-bond donors (Lipinski definition) is 1. The van der Waals surface area contributed by atoms with E-state index in [1.54, 1.807) is 12.4 Å². The van der Waals surface area contributed by atoms with Crippen LogP contribution in [0.25, 0.3) is 5.95 Å². The Morgan fingerprint density at radius 1 is 1.29 bits per heavy atom. The van der Waals surface area contributed by atoms with Crippen molar-refractivity contribution in [1.82, 2.24) is 24.7 Å². The monoisotopic (exact) mass is 254 g/mol. The fourth-order valence-corrected chi connectivity index (χ4v) is 1.12. The van der Waals surface area contributed by atoms with Crippen molar-refractivity contribution in [3.63, 3.8) is 0 Å². The van der Waals surface area contributed by atoms with Crippen LogP contribution in [-0.2, 0) is 6.54 Å². The molecule has 0 aliphatic carbocycles.